The number of hydrogen-bond donors (Lipinski definition) is 2. The first-order valence-corrected chi connectivity index (χ1v) is 7.88. The number of rotatable bonds is 6. The number of aryl methyl sites for hydroxylation is 2. The van der Waals surface area contributed by atoms with E-state index < -0.39 is 0 Å². The summed E-state index contributed by atoms with van der Waals surface area (Å²) in [7, 11) is 0. The Morgan fingerprint density at radius 2 is 2.19 bits per heavy atom. The molecule has 2 N–H and O–H groups in total. The Balaban J connectivity index is 1.67. The van der Waals surface area contributed by atoms with Crippen LogP contribution >= 0.6 is 0 Å². The first-order chi connectivity index (χ1) is 10.1. The van der Waals surface area contributed by atoms with Crippen LogP contribution in [0.5, 0.6) is 0 Å². The SMILES string of the molecule is CCc1oc(C(=O)NCCCN2CCC(O)CC2)cc1C. The Morgan fingerprint density at radius 3 is 2.81 bits per heavy atom. The first kappa shape index (κ1) is 16.0. The molecule has 0 saturated carbocycles. The largest absolute Gasteiger partial charge is 0.456 e. The van der Waals surface area contributed by atoms with Crippen molar-refractivity contribution in [3.63, 3.8) is 0 Å². The van der Waals surface area contributed by atoms with Crippen LogP contribution in [-0.2, 0) is 6.42 Å². The van der Waals surface area contributed by atoms with Crippen molar-refractivity contribution in [2.75, 3.05) is 26.2 Å². The maximum Gasteiger partial charge on any atom is 0.287 e. The van der Waals surface area contributed by atoms with Crippen LogP contribution in [0.3, 0.4) is 0 Å². The fourth-order valence-electron chi connectivity index (χ4n) is 2.72. The molecule has 118 valence electrons. The van der Waals surface area contributed by atoms with E-state index in [-0.39, 0.29) is 12.0 Å². The lowest BCUT2D eigenvalue weighted by molar-refractivity contribution is 0.0814. The zero-order chi connectivity index (χ0) is 15.2. The molecule has 0 radical (unpaired) electrons. The molecule has 2 heterocycles. The van der Waals surface area contributed by atoms with Crippen LogP contribution in [0.15, 0.2) is 10.5 Å². The van der Waals surface area contributed by atoms with Gasteiger partial charge in [-0.15, -0.1) is 0 Å². The molecule has 0 unspecified atom stereocenters. The molecule has 1 fully saturated rings. The zero-order valence-electron chi connectivity index (χ0n) is 13.0. The molecule has 0 aliphatic carbocycles. The smallest absolute Gasteiger partial charge is 0.287 e. The number of nitrogens with one attached hydrogen (secondary N) is 1. The fraction of sp³-hybridized carbons (Fsp3) is 0.688. The topological polar surface area (TPSA) is 65.7 Å². The van der Waals surface area contributed by atoms with Crippen LogP contribution < -0.4 is 5.32 Å². The van der Waals surface area contributed by atoms with Crippen LogP contribution in [-0.4, -0.2) is 48.2 Å². The second-order valence-corrected chi connectivity index (χ2v) is 5.75. The van der Waals surface area contributed by atoms with Crippen LogP contribution in [0.2, 0.25) is 0 Å². The first-order valence-electron chi connectivity index (χ1n) is 7.88. The second kappa shape index (κ2) is 7.61. The average molecular weight is 294 g/mol. The van der Waals surface area contributed by atoms with Crippen molar-refractivity contribution < 1.29 is 14.3 Å². The highest BCUT2D eigenvalue weighted by Gasteiger charge is 2.17. The number of furan rings is 1. The minimum Gasteiger partial charge on any atom is -0.456 e. The number of likely N-dealkylation sites (tertiary alicyclic amines) is 1. The number of carbonyl (C=O) groups excluding carboxylic acids is 1. The number of aliphatic hydroxyl groups is 1. The lowest BCUT2D eigenvalue weighted by atomic mass is 10.1. The molecule has 1 aliphatic rings. The molecule has 5 nitrogen and oxygen atoms in total. The van der Waals surface area contributed by atoms with E-state index in [0.29, 0.717) is 12.3 Å². The predicted molar refractivity (Wildman–Crippen MR) is 81.5 cm³/mol. The maximum atomic E-state index is 12.0. The van der Waals surface area contributed by atoms with Gasteiger partial charge in [-0.3, -0.25) is 4.79 Å². The van der Waals surface area contributed by atoms with Gasteiger partial charge in [-0.05, 0) is 44.4 Å². The van der Waals surface area contributed by atoms with E-state index in [4.69, 9.17) is 4.42 Å². The highest BCUT2D eigenvalue weighted by atomic mass is 16.4. The van der Waals surface area contributed by atoms with Gasteiger partial charge in [-0.1, -0.05) is 6.92 Å². The van der Waals surface area contributed by atoms with E-state index >= 15 is 0 Å². The van der Waals surface area contributed by atoms with E-state index in [0.717, 1.165) is 56.6 Å². The van der Waals surface area contributed by atoms with Crippen molar-refractivity contribution in [3.8, 4) is 0 Å². The second-order valence-electron chi connectivity index (χ2n) is 5.75. The molecular formula is C16H26N2O3. The minimum atomic E-state index is -0.133. The van der Waals surface area contributed by atoms with Crippen molar-refractivity contribution >= 4 is 5.91 Å². The summed E-state index contributed by atoms with van der Waals surface area (Å²) >= 11 is 0. The Morgan fingerprint density at radius 1 is 1.48 bits per heavy atom. The monoisotopic (exact) mass is 294 g/mol. The van der Waals surface area contributed by atoms with Crippen molar-refractivity contribution in [1.29, 1.82) is 0 Å². The van der Waals surface area contributed by atoms with Crippen molar-refractivity contribution in [1.82, 2.24) is 10.2 Å². The van der Waals surface area contributed by atoms with Gasteiger partial charge in [0, 0.05) is 26.1 Å². The third-order valence-corrected chi connectivity index (χ3v) is 4.06. The Hall–Kier alpha value is -1.33. The standard InChI is InChI=1S/C16H26N2O3/c1-3-14-12(2)11-15(21-14)16(20)17-7-4-8-18-9-5-13(19)6-10-18/h11,13,19H,3-10H2,1-2H3,(H,17,20). The molecule has 1 aliphatic heterocycles. The highest BCUT2D eigenvalue weighted by molar-refractivity contribution is 5.91. The van der Waals surface area contributed by atoms with Gasteiger partial charge in [0.05, 0.1) is 6.10 Å². The summed E-state index contributed by atoms with van der Waals surface area (Å²) in [6.07, 6.45) is 3.31. The molecule has 21 heavy (non-hydrogen) atoms. The maximum absolute atomic E-state index is 12.0. The summed E-state index contributed by atoms with van der Waals surface area (Å²) in [6, 6.07) is 1.81. The van der Waals surface area contributed by atoms with Crippen molar-refractivity contribution in [2.45, 2.75) is 45.6 Å². The third-order valence-electron chi connectivity index (χ3n) is 4.06. The van der Waals surface area contributed by atoms with E-state index in [2.05, 4.69) is 10.2 Å². The van der Waals surface area contributed by atoms with Gasteiger partial charge in [0.25, 0.3) is 5.91 Å². The summed E-state index contributed by atoms with van der Waals surface area (Å²) in [5.41, 5.74) is 1.04. The number of hydrogen-bond acceptors (Lipinski definition) is 4. The van der Waals surface area contributed by atoms with E-state index in [1.165, 1.54) is 0 Å². The van der Waals surface area contributed by atoms with Gasteiger partial charge < -0.3 is 19.7 Å². The van der Waals surface area contributed by atoms with Crippen LogP contribution in [0.4, 0.5) is 0 Å². The molecule has 0 aromatic carbocycles. The van der Waals surface area contributed by atoms with Gasteiger partial charge in [0.1, 0.15) is 5.76 Å². The third kappa shape index (κ3) is 4.58. The van der Waals surface area contributed by atoms with E-state index in [9.17, 15) is 9.90 Å². The molecule has 1 saturated heterocycles. The van der Waals surface area contributed by atoms with Gasteiger partial charge in [0.2, 0.25) is 0 Å². The fourth-order valence-corrected chi connectivity index (χ4v) is 2.72. The highest BCUT2D eigenvalue weighted by Crippen LogP contribution is 2.15. The molecule has 1 aromatic rings. The van der Waals surface area contributed by atoms with Crippen molar-refractivity contribution in [3.05, 3.63) is 23.2 Å². The summed E-state index contributed by atoms with van der Waals surface area (Å²) in [4.78, 5) is 14.3. The molecule has 1 amide bonds. The average Bonchev–Trinajstić information content (AvgIpc) is 2.86. The number of aliphatic hydroxyl groups excluding tert-OH is 1. The molecular weight excluding hydrogens is 268 g/mol. The lowest BCUT2D eigenvalue weighted by Crippen LogP contribution is -2.37. The minimum absolute atomic E-state index is 0.129. The summed E-state index contributed by atoms with van der Waals surface area (Å²) in [6.45, 7) is 7.50. The Kier molecular flexibility index (Phi) is 5.82. The van der Waals surface area contributed by atoms with Gasteiger partial charge in [0.15, 0.2) is 5.76 Å². The molecule has 1 aromatic heterocycles. The van der Waals surface area contributed by atoms with Crippen LogP contribution in [0.25, 0.3) is 0 Å². The summed E-state index contributed by atoms with van der Waals surface area (Å²) in [5.74, 6) is 1.16. The Labute approximate surface area is 126 Å². The molecule has 0 atom stereocenters. The quantitative estimate of drug-likeness (QED) is 0.784. The van der Waals surface area contributed by atoms with E-state index in [1.54, 1.807) is 6.07 Å². The molecule has 5 heteroatoms. The molecule has 0 spiro atoms. The summed E-state index contributed by atoms with van der Waals surface area (Å²) in [5, 5.41) is 12.4. The van der Waals surface area contributed by atoms with Crippen LogP contribution in [0, 0.1) is 6.92 Å². The zero-order valence-corrected chi connectivity index (χ0v) is 13.0. The lowest BCUT2D eigenvalue weighted by Gasteiger charge is -2.29. The number of piperidine rings is 1. The number of carbonyl (C=O) groups is 1. The summed E-state index contributed by atoms with van der Waals surface area (Å²) < 4.78 is 5.53. The number of amides is 1. The van der Waals surface area contributed by atoms with Crippen LogP contribution in [0.1, 0.15) is 48.1 Å². The Bertz CT molecular complexity index is 462. The van der Waals surface area contributed by atoms with Crippen molar-refractivity contribution in [2.24, 2.45) is 0 Å². The number of nitrogens with zero attached hydrogens (tertiary/aromatic N) is 1. The molecule has 0 bridgehead atoms. The molecule has 2 rings (SSSR count). The van der Waals surface area contributed by atoms with Gasteiger partial charge in [-0.2, -0.15) is 0 Å². The van der Waals surface area contributed by atoms with E-state index in [1.807, 2.05) is 13.8 Å². The van der Waals surface area contributed by atoms with Gasteiger partial charge >= 0.3 is 0 Å². The van der Waals surface area contributed by atoms with Gasteiger partial charge in [-0.25, -0.2) is 0 Å². The normalized spacial score (nSPS) is 17.1. The predicted octanol–water partition coefficient (Wildman–Crippen LogP) is 1.73.